The number of amides is 1. The van der Waals surface area contributed by atoms with Crippen LogP contribution in [0.1, 0.15) is 29.2 Å². The van der Waals surface area contributed by atoms with Gasteiger partial charge in [-0.15, -0.1) is 0 Å². The van der Waals surface area contributed by atoms with Crippen LogP contribution >= 0.6 is 0 Å². The minimum absolute atomic E-state index is 0.116. The fourth-order valence-corrected chi connectivity index (χ4v) is 5.38. The van der Waals surface area contributed by atoms with Crippen LogP contribution in [0.4, 0.5) is 5.69 Å². The van der Waals surface area contributed by atoms with E-state index in [1.54, 1.807) is 36.4 Å². The van der Waals surface area contributed by atoms with Gasteiger partial charge in [0.05, 0.1) is 16.8 Å². The van der Waals surface area contributed by atoms with Crippen LogP contribution in [0.5, 0.6) is 5.75 Å². The molecular formula is C31H31N3O4S. The van der Waals surface area contributed by atoms with Crippen LogP contribution in [0, 0.1) is 6.92 Å². The van der Waals surface area contributed by atoms with Crippen LogP contribution in [-0.2, 0) is 27.8 Å². The molecule has 0 bridgehead atoms. The zero-order valence-electron chi connectivity index (χ0n) is 21.9. The van der Waals surface area contributed by atoms with Crippen LogP contribution in [0.3, 0.4) is 0 Å². The fraction of sp³-hybridized carbons (Fsp3) is 0.161. The molecule has 200 valence electrons. The van der Waals surface area contributed by atoms with Gasteiger partial charge in [-0.25, -0.2) is 13.8 Å². The number of para-hydroxylation sites is 1. The number of anilines is 1. The number of sulfonamides is 1. The van der Waals surface area contributed by atoms with Gasteiger partial charge in [-0.3, -0.25) is 9.10 Å². The van der Waals surface area contributed by atoms with Gasteiger partial charge in [0.1, 0.15) is 18.9 Å². The molecule has 1 N–H and O–H groups in total. The highest BCUT2D eigenvalue weighted by molar-refractivity contribution is 7.92. The number of hydrazone groups is 1. The van der Waals surface area contributed by atoms with E-state index in [2.05, 4.69) is 10.5 Å². The number of carbonyl (C=O) groups is 1. The lowest BCUT2D eigenvalue weighted by molar-refractivity contribution is -0.119. The zero-order valence-corrected chi connectivity index (χ0v) is 22.8. The molecule has 0 aromatic heterocycles. The molecule has 0 aliphatic heterocycles. The molecule has 0 heterocycles. The van der Waals surface area contributed by atoms with Crippen molar-refractivity contribution in [2.24, 2.45) is 5.10 Å². The molecule has 0 saturated heterocycles. The summed E-state index contributed by atoms with van der Waals surface area (Å²) in [6.07, 6.45) is 2.11. The monoisotopic (exact) mass is 541 g/mol. The SMILES string of the molecule is CCc1ccccc1N(CC(=O)N/N=C\c1ccc(OCc2ccccc2)cc1)S(=O)(=O)c1ccc(C)cc1. The largest absolute Gasteiger partial charge is 0.489 e. The second kappa shape index (κ2) is 12.9. The molecule has 0 aliphatic rings. The Bertz CT molecular complexity index is 1520. The molecular weight excluding hydrogens is 510 g/mol. The molecule has 0 saturated carbocycles. The molecule has 0 spiro atoms. The third kappa shape index (κ3) is 7.33. The molecule has 4 aromatic rings. The number of nitrogens with one attached hydrogen (secondary N) is 1. The second-order valence-corrected chi connectivity index (χ2v) is 10.8. The molecule has 0 atom stereocenters. The van der Waals surface area contributed by atoms with E-state index in [9.17, 15) is 13.2 Å². The third-order valence-electron chi connectivity index (χ3n) is 6.07. The Morgan fingerprint density at radius 1 is 0.897 bits per heavy atom. The number of benzene rings is 4. The lowest BCUT2D eigenvalue weighted by Crippen LogP contribution is -2.40. The van der Waals surface area contributed by atoms with Crippen LogP contribution in [0.25, 0.3) is 0 Å². The first kappa shape index (κ1) is 27.6. The van der Waals surface area contributed by atoms with Gasteiger partial charge in [0.2, 0.25) is 0 Å². The number of rotatable bonds is 11. The van der Waals surface area contributed by atoms with Gasteiger partial charge in [0.25, 0.3) is 15.9 Å². The van der Waals surface area contributed by atoms with Crippen molar-refractivity contribution in [2.45, 2.75) is 31.8 Å². The van der Waals surface area contributed by atoms with E-state index in [0.717, 1.165) is 26.6 Å². The van der Waals surface area contributed by atoms with Crippen LogP contribution in [0.2, 0.25) is 0 Å². The van der Waals surface area contributed by atoms with Gasteiger partial charge in [-0.05, 0) is 72.5 Å². The van der Waals surface area contributed by atoms with E-state index >= 15 is 0 Å². The lowest BCUT2D eigenvalue weighted by atomic mass is 10.1. The number of hydrogen-bond acceptors (Lipinski definition) is 5. The number of carbonyl (C=O) groups excluding carboxylic acids is 1. The van der Waals surface area contributed by atoms with Gasteiger partial charge in [-0.2, -0.15) is 5.10 Å². The molecule has 4 rings (SSSR count). The number of hydrogen-bond donors (Lipinski definition) is 1. The summed E-state index contributed by atoms with van der Waals surface area (Å²) in [5.41, 5.74) is 6.51. The summed E-state index contributed by atoms with van der Waals surface area (Å²) in [6.45, 7) is 3.87. The Kier molecular flexibility index (Phi) is 9.12. The average Bonchev–Trinajstić information content (AvgIpc) is 2.96. The fourth-order valence-electron chi connectivity index (χ4n) is 3.93. The van der Waals surface area contributed by atoms with Crippen molar-refractivity contribution in [3.63, 3.8) is 0 Å². The molecule has 4 aromatic carbocycles. The predicted octanol–water partition coefficient (Wildman–Crippen LogP) is 5.48. The van der Waals surface area contributed by atoms with Crippen molar-refractivity contribution < 1.29 is 17.9 Å². The maximum absolute atomic E-state index is 13.6. The van der Waals surface area contributed by atoms with Crippen molar-refractivity contribution in [3.05, 3.63) is 125 Å². The average molecular weight is 542 g/mol. The summed E-state index contributed by atoms with van der Waals surface area (Å²) in [7, 11) is -4.00. The number of nitrogens with zero attached hydrogens (tertiary/aromatic N) is 2. The highest BCUT2D eigenvalue weighted by Gasteiger charge is 2.28. The quantitative estimate of drug-likeness (QED) is 0.201. The van der Waals surface area contributed by atoms with E-state index in [0.29, 0.717) is 24.5 Å². The van der Waals surface area contributed by atoms with E-state index in [1.165, 1.54) is 6.21 Å². The van der Waals surface area contributed by atoms with Gasteiger partial charge in [0, 0.05) is 0 Å². The van der Waals surface area contributed by atoms with E-state index in [-0.39, 0.29) is 4.90 Å². The van der Waals surface area contributed by atoms with Gasteiger partial charge < -0.3 is 4.74 Å². The Morgan fingerprint density at radius 3 is 2.26 bits per heavy atom. The van der Waals surface area contributed by atoms with E-state index in [4.69, 9.17) is 4.74 Å². The predicted molar refractivity (Wildman–Crippen MR) is 154 cm³/mol. The van der Waals surface area contributed by atoms with Gasteiger partial charge in [-0.1, -0.05) is 73.2 Å². The van der Waals surface area contributed by atoms with Crippen molar-refractivity contribution >= 4 is 27.8 Å². The van der Waals surface area contributed by atoms with Crippen LogP contribution in [0.15, 0.2) is 113 Å². The standard InChI is InChI=1S/C31H31N3O4S/c1-3-27-11-7-8-12-30(27)34(39(36,37)29-19-13-24(2)14-20-29)22-31(35)33-32-21-25-15-17-28(18-16-25)38-23-26-9-5-4-6-10-26/h4-21H,3,22-23H2,1-2H3,(H,33,35)/b32-21-. The third-order valence-corrected chi connectivity index (χ3v) is 7.84. The first-order chi connectivity index (χ1) is 18.9. The van der Waals surface area contributed by atoms with Crippen molar-refractivity contribution in [1.29, 1.82) is 0 Å². The van der Waals surface area contributed by atoms with Crippen molar-refractivity contribution in [2.75, 3.05) is 10.8 Å². The molecule has 8 heteroatoms. The van der Waals surface area contributed by atoms with Crippen LogP contribution in [-0.4, -0.2) is 27.1 Å². The molecule has 0 radical (unpaired) electrons. The summed E-state index contributed by atoms with van der Waals surface area (Å²) in [5.74, 6) is 0.155. The van der Waals surface area contributed by atoms with Crippen molar-refractivity contribution in [3.8, 4) is 5.75 Å². The Balaban J connectivity index is 1.44. The highest BCUT2D eigenvalue weighted by atomic mass is 32.2. The normalized spacial score (nSPS) is 11.3. The smallest absolute Gasteiger partial charge is 0.264 e. The molecule has 0 fully saturated rings. The Labute approximate surface area is 229 Å². The number of ether oxygens (including phenoxy) is 1. The topological polar surface area (TPSA) is 88.1 Å². The molecule has 1 amide bonds. The minimum atomic E-state index is -4.00. The minimum Gasteiger partial charge on any atom is -0.489 e. The second-order valence-electron chi connectivity index (χ2n) is 8.94. The highest BCUT2D eigenvalue weighted by Crippen LogP contribution is 2.27. The molecule has 0 unspecified atom stereocenters. The number of aryl methyl sites for hydroxylation is 2. The molecule has 7 nitrogen and oxygen atoms in total. The van der Waals surface area contributed by atoms with Crippen molar-refractivity contribution in [1.82, 2.24) is 5.43 Å². The van der Waals surface area contributed by atoms with Gasteiger partial charge in [0.15, 0.2) is 0 Å². The molecule has 39 heavy (non-hydrogen) atoms. The first-order valence-electron chi connectivity index (χ1n) is 12.6. The summed E-state index contributed by atoms with van der Waals surface area (Å²) >= 11 is 0. The molecule has 0 aliphatic carbocycles. The maximum Gasteiger partial charge on any atom is 0.264 e. The Morgan fingerprint density at radius 2 is 1.56 bits per heavy atom. The zero-order chi connectivity index (χ0) is 27.7. The lowest BCUT2D eigenvalue weighted by Gasteiger charge is -2.25. The summed E-state index contributed by atoms with van der Waals surface area (Å²) in [6, 6.07) is 30.9. The van der Waals surface area contributed by atoms with E-state index in [1.807, 2.05) is 80.6 Å². The summed E-state index contributed by atoms with van der Waals surface area (Å²) in [5, 5.41) is 4.03. The summed E-state index contributed by atoms with van der Waals surface area (Å²) < 4.78 is 34.2. The summed E-state index contributed by atoms with van der Waals surface area (Å²) in [4.78, 5) is 13.0. The Hall–Kier alpha value is -4.43. The first-order valence-corrected chi connectivity index (χ1v) is 14.1. The van der Waals surface area contributed by atoms with Crippen LogP contribution < -0.4 is 14.5 Å². The van der Waals surface area contributed by atoms with E-state index < -0.39 is 22.5 Å². The van der Waals surface area contributed by atoms with Gasteiger partial charge >= 0.3 is 0 Å². The maximum atomic E-state index is 13.6.